The fourth-order valence-corrected chi connectivity index (χ4v) is 5.13. The molecule has 1 aliphatic heterocycles. The van der Waals surface area contributed by atoms with E-state index in [0.29, 0.717) is 24.2 Å². The molecule has 7 nitrogen and oxygen atoms in total. The first-order chi connectivity index (χ1) is 19.1. The second-order valence-corrected chi connectivity index (χ2v) is 11.1. The van der Waals surface area contributed by atoms with Gasteiger partial charge in [-0.2, -0.15) is 5.26 Å². The number of likely N-dealkylation sites (tertiary alicyclic amines) is 1. The van der Waals surface area contributed by atoms with E-state index in [-0.39, 0.29) is 17.9 Å². The van der Waals surface area contributed by atoms with Crippen LogP contribution in [0.2, 0.25) is 0 Å². The maximum Gasteiger partial charge on any atom is 0.410 e. The summed E-state index contributed by atoms with van der Waals surface area (Å²) in [5.41, 5.74) is 4.29. The zero-order chi connectivity index (χ0) is 28.4. The third kappa shape index (κ3) is 5.74. The zero-order valence-corrected chi connectivity index (χ0v) is 23.2. The minimum atomic E-state index is -0.533. The SMILES string of the molecule is COc1ccc(-c2cc3cc(N[C@H]4CCCN(C(=O)OC(C)(C)C)C4)ccc3n2-c2ccc(C#N)cc2)cc1F. The number of amides is 1. The number of hydrogen-bond donors (Lipinski definition) is 1. The zero-order valence-electron chi connectivity index (χ0n) is 23.2. The van der Waals surface area contributed by atoms with Crippen LogP contribution in [0.1, 0.15) is 39.2 Å². The molecule has 1 fully saturated rings. The Bertz CT molecular complexity index is 1580. The Balaban J connectivity index is 1.48. The summed E-state index contributed by atoms with van der Waals surface area (Å²) in [4.78, 5) is 14.4. The van der Waals surface area contributed by atoms with Gasteiger partial charge < -0.3 is 24.3 Å². The van der Waals surface area contributed by atoms with Gasteiger partial charge in [-0.15, -0.1) is 0 Å². The molecular weight excluding hydrogens is 507 g/mol. The minimum absolute atomic E-state index is 0.0921. The highest BCUT2D eigenvalue weighted by Crippen LogP contribution is 2.35. The average Bonchev–Trinajstić information content (AvgIpc) is 3.31. The first-order valence-corrected chi connectivity index (χ1v) is 13.4. The van der Waals surface area contributed by atoms with Gasteiger partial charge in [0.25, 0.3) is 0 Å². The number of carbonyl (C=O) groups is 1. The fourth-order valence-electron chi connectivity index (χ4n) is 5.13. The van der Waals surface area contributed by atoms with E-state index >= 15 is 0 Å². The van der Waals surface area contributed by atoms with Gasteiger partial charge in [0.15, 0.2) is 11.6 Å². The second-order valence-electron chi connectivity index (χ2n) is 11.1. The smallest absolute Gasteiger partial charge is 0.410 e. The summed E-state index contributed by atoms with van der Waals surface area (Å²) in [6, 6.07) is 22.7. The van der Waals surface area contributed by atoms with E-state index in [1.807, 2.05) is 57.2 Å². The molecular formula is C32H33FN4O3. The number of nitrogens with one attached hydrogen (secondary N) is 1. The van der Waals surface area contributed by atoms with Gasteiger partial charge in [-0.25, -0.2) is 9.18 Å². The molecule has 1 N–H and O–H groups in total. The molecule has 0 aliphatic carbocycles. The Hall–Kier alpha value is -4.51. The van der Waals surface area contributed by atoms with Crippen molar-refractivity contribution in [1.29, 1.82) is 5.26 Å². The third-order valence-electron chi connectivity index (χ3n) is 6.95. The molecule has 1 aliphatic rings. The van der Waals surface area contributed by atoms with Crippen molar-refractivity contribution < 1.29 is 18.7 Å². The number of carbonyl (C=O) groups excluding carboxylic acids is 1. The number of fused-ring (bicyclic) bond motifs is 1. The summed E-state index contributed by atoms with van der Waals surface area (Å²) >= 11 is 0. The van der Waals surface area contributed by atoms with Gasteiger partial charge in [0.1, 0.15) is 5.60 Å². The summed E-state index contributed by atoms with van der Waals surface area (Å²) in [5.74, 6) is -0.255. The molecule has 0 saturated carbocycles. The lowest BCUT2D eigenvalue weighted by molar-refractivity contribution is 0.0206. The van der Waals surface area contributed by atoms with Crippen molar-refractivity contribution in [2.75, 3.05) is 25.5 Å². The van der Waals surface area contributed by atoms with Crippen molar-refractivity contribution in [2.24, 2.45) is 0 Å². The lowest BCUT2D eigenvalue weighted by atomic mass is 10.1. The van der Waals surface area contributed by atoms with Crippen molar-refractivity contribution in [1.82, 2.24) is 9.47 Å². The standard InChI is InChI=1S/C32H33FN4O3/c1-32(2,3)40-31(38)36-15-5-6-25(20-36)35-24-10-13-28-23(16-24)18-29(22-9-14-30(39-4)27(33)17-22)37(28)26-11-7-21(19-34)8-12-26/h7-14,16-18,25,35H,5-6,15,20H2,1-4H3/t25-/m0/s1. The molecule has 4 aromatic rings. The van der Waals surface area contributed by atoms with E-state index in [1.165, 1.54) is 13.2 Å². The summed E-state index contributed by atoms with van der Waals surface area (Å²) in [7, 11) is 1.44. The molecule has 0 unspecified atom stereocenters. The Kier molecular flexibility index (Phi) is 7.40. The molecule has 5 rings (SSSR count). The van der Waals surface area contributed by atoms with Gasteiger partial charge >= 0.3 is 6.09 Å². The molecule has 0 bridgehead atoms. The first-order valence-electron chi connectivity index (χ1n) is 13.4. The van der Waals surface area contributed by atoms with Crippen LogP contribution in [0.3, 0.4) is 0 Å². The van der Waals surface area contributed by atoms with E-state index in [9.17, 15) is 14.4 Å². The first kappa shape index (κ1) is 27.1. The number of halogens is 1. The van der Waals surface area contributed by atoms with Gasteiger partial charge in [0, 0.05) is 41.5 Å². The monoisotopic (exact) mass is 540 g/mol. The largest absolute Gasteiger partial charge is 0.494 e. The number of nitriles is 1. The Morgan fingerprint density at radius 3 is 2.52 bits per heavy atom. The van der Waals surface area contributed by atoms with Gasteiger partial charge in [0.2, 0.25) is 0 Å². The summed E-state index contributed by atoms with van der Waals surface area (Å²) in [5, 5.41) is 13.8. The van der Waals surface area contributed by atoms with Crippen LogP contribution >= 0.6 is 0 Å². The quantitative estimate of drug-likeness (QED) is 0.291. The van der Waals surface area contributed by atoms with Crippen LogP contribution < -0.4 is 10.1 Å². The maximum absolute atomic E-state index is 14.7. The molecule has 0 radical (unpaired) electrons. The van der Waals surface area contributed by atoms with Crippen LogP contribution in [0.15, 0.2) is 66.7 Å². The van der Waals surface area contributed by atoms with Crippen LogP contribution in [-0.4, -0.2) is 47.4 Å². The molecule has 40 heavy (non-hydrogen) atoms. The topological polar surface area (TPSA) is 79.5 Å². The normalized spacial score (nSPS) is 15.5. The van der Waals surface area contributed by atoms with E-state index in [2.05, 4.69) is 22.0 Å². The van der Waals surface area contributed by atoms with Crippen LogP contribution in [-0.2, 0) is 4.74 Å². The summed E-state index contributed by atoms with van der Waals surface area (Å²) < 4.78 is 27.5. The second kappa shape index (κ2) is 10.9. The number of methoxy groups -OCH3 is 1. The van der Waals surface area contributed by atoms with E-state index in [4.69, 9.17) is 9.47 Å². The van der Waals surface area contributed by atoms with Crippen molar-refractivity contribution in [2.45, 2.75) is 45.3 Å². The highest BCUT2D eigenvalue weighted by Gasteiger charge is 2.27. The number of nitrogens with zero attached hydrogens (tertiary/aromatic N) is 3. The number of anilines is 1. The van der Waals surface area contributed by atoms with Crippen molar-refractivity contribution in [3.05, 3.63) is 78.1 Å². The maximum atomic E-state index is 14.7. The minimum Gasteiger partial charge on any atom is -0.494 e. The molecule has 2 heterocycles. The van der Waals surface area contributed by atoms with Crippen LogP contribution in [0, 0.1) is 17.1 Å². The average molecular weight is 541 g/mol. The molecule has 0 spiro atoms. The molecule has 1 atom stereocenters. The Labute approximate surface area is 233 Å². The molecule has 8 heteroatoms. The predicted octanol–water partition coefficient (Wildman–Crippen LogP) is 7.13. The van der Waals surface area contributed by atoms with Gasteiger partial charge in [-0.3, -0.25) is 0 Å². The molecule has 206 valence electrons. The number of rotatable bonds is 5. The lowest BCUT2D eigenvalue weighted by Crippen LogP contribution is -2.46. The molecule has 1 aromatic heterocycles. The number of aromatic nitrogens is 1. The van der Waals surface area contributed by atoms with E-state index in [1.54, 1.807) is 23.1 Å². The van der Waals surface area contributed by atoms with Crippen molar-refractivity contribution >= 4 is 22.7 Å². The van der Waals surface area contributed by atoms with Gasteiger partial charge in [-0.1, -0.05) is 0 Å². The van der Waals surface area contributed by atoms with Crippen LogP contribution in [0.5, 0.6) is 5.75 Å². The molecule has 1 saturated heterocycles. The number of ether oxygens (including phenoxy) is 2. The number of benzene rings is 3. The molecule has 3 aromatic carbocycles. The van der Waals surface area contributed by atoms with Crippen LogP contribution in [0.4, 0.5) is 14.9 Å². The van der Waals surface area contributed by atoms with Crippen molar-refractivity contribution in [3.8, 4) is 28.8 Å². The highest BCUT2D eigenvalue weighted by molar-refractivity contribution is 5.91. The van der Waals surface area contributed by atoms with Gasteiger partial charge in [0.05, 0.1) is 30.0 Å². The number of piperidine rings is 1. The van der Waals surface area contributed by atoms with Gasteiger partial charge in [-0.05, 0) is 100 Å². The summed E-state index contributed by atoms with van der Waals surface area (Å²) in [6.45, 7) is 6.87. The van der Waals surface area contributed by atoms with Crippen LogP contribution in [0.25, 0.3) is 27.8 Å². The van der Waals surface area contributed by atoms with E-state index in [0.717, 1.165) is 40.8 Å². The summed E-state index contributed by atoms with van der Waals surface area (Å²) in [6.07, 6.45) is 1.55. The number of hydrogen-bond acceptors (Lipinski definition) is 5. The predicted molar refractivity (Wildman–Crippen MR) is 154 cm³/mol. The lowest BCUT2D eigenvalue weighted by Gasteiger charge is -2.34. The third-order valence-corrected chi connectivity index (χ3v) is 6.95. The Morgan fingerprint density at radius 2 is 1.85 bits per heavy atom. The fraction of sp³-hybridized carbons (Fsp3) is 0.312. The highest BCUT2D eigenvalue weighted by atomic mass is 19.1. The van der Waals surface area contributed by atoms with Crippen molar-refractivity contribution in [3.63, 3.8) is 0 Å². The van der Waals surface area contributed by atoms with E-state index < -0.39 is 11.4 Å². The molecule has 1 amide bonds. The Morgan fingerprint density at radius 1 is 1.07 bits per heavy atom.